The van der Waals surface area contributed by atoms with Gasteiger partial charge < -0.3 is 15.5 Å². The zero-order valence-corrected chi connectivity index (χ0v) is 11.2. The van der Waals surface area contributed by atoms with Gasteiger partial charge in [-0.2, -0.15) is 0 Å². The number of rotatable bonds is 2. The van der Waals surface area contributed by atoms with E-state index in [1.54, 1.807) is 0 Å². The molecule has 104 valence electrons. The monoisotopic (exact) mass is 263 g/mol. The third-order valence-electron chi connectivity index (χ3n) is 3.84. The summed E-state index contributed by atoms with van der Waals surface area (Å²) in [6, 6.07) is 4.46. The smallest absolute Gasteiger partial charge is 0.259 e. The third kappa shape index (κ3) is 3.40. The first-order chi connectivity index (χ1) is 9.08. The van der Waals surface area contributed by atoms with Crippen LogP contribution in [0.25, 0.3) is 0 Å². The van der Waals surface area contributed by atoms with E-state index in [-0.39, 0.29) is 23.1 Å². The van der Waals surface area contributed by atoms with Gasteiger partial charge in [0.15, 0.2) is 0 Å². The Morgan fingerprint density at radius 1 is 1.16 bits per heavy atom. The van der Waals surface area contributed by atoms with Crippen molar-refractivity contribution >= 4 is 5.91 Å². The van der Waals surface area contributed by atoms with Crippen LogP contribution in [0.15, 0.2) is 18.2 Å². The number of amides is 1. The molecule has 3 N–H and O–H groups in total. The van der Waals surface area contributed by atoms with Gasteiger partial charge in [-0.15, -0.1) is 0 Å². The predicted molar refractivity (Wildman–Crippen MR) is 73.3 cm³/mol. The van der Waals surface area contributed by atoms with Crippen LogP contribution in [0.3, 0.4) is 0 Å². The Balaban J connectivity index is 2.04. The maximum Gasteiger partial charge on any atom is 0.259 e. The number of aromatic hydroxyl groups is 2. The van der Waals surface area contributed by atoms with Crippen molar-refractivity contribution in [2.75, 3.05) is 0 Å². The Morgan fingerprint density at radius 3 is 2.53 bits per heavy atom. The lowest BCUT2D eigenvalue weighted by atomic mass is 10.0. The molecular formula is C15H21NO3. The molecule has 1 aliphatic carbocycles. The molecule has 4 nitrogen and oxygen atoms in total. The zero-order chi connectivity index (χ0) is 13.8. The summed E-state index contributed by atoms with van der Waals surface area (Å²) >= 11 is 0. The highest BCUT2D eigenvalue weighted by Crippen LogP contribution is 2.27. The molecule has 1 aromatic rings. The highest BCUT2D eigenvalue weighted by molar-refractivity contribution is 5.99. The molecule has 0 aromatic heterocycles. The fourth-order valence-electron chi connectivity index (χ4n) is 2.65. The molecule has 0 saturated heterocycles. The van der Waals surface area contributed by atoms with Crippen LogP contribution in [0, 0.1) is 5.92 Å². The van der Waals surface area contributed by atoms with Crippen LogP contribution in [0.2, 0.25) is 0 Å². The number of benzene rings is 1. The van der Waals surface area contributed by atoms with Crippen molar-refractivity contribution in [1.82, 2.24) is 5.32 Å². The van der Waals surface area contributed by atoms with Crippen molar-refractivity contribution in [2.24, 2.45) is 5.92 Å². The quantitative estimate of drug-likeness (QED) is 0.719. The summed E-state index contributed by atoms with van der Waals surface area (Å²) in [6.07, 6.45) is 5.34. The molecule has 0 radical (unpaired) electrons. The first-order valence-corrected chi connectivity index (χ1v) is 6.89. The van der Waals surface area contributed by atoms with Gasteiger partial charge >= 0.3 is 0 Å². The lowest BCUT2D eigenvalue weighted by Crippen LogP contribution is -2.34. The van der Waals surface area contributed by atoms with Crippen molar-refractivity contribution in [3.8, 4) is 11.5 Å². The second kappa shape index (κ2) is 5.95. The number of hydrogen-bond donors (Lipinski definition) is 3. The fourth-order valence-corrected chi connectivity index (χ4v) is 2.65. The van der Waals surface area contributed by atoms with Crippen molar-refractivity contribution in [3.63, 3.8) is 0 Å². The van der Waals surface area contributed by atoms with Gasteiger partial charge in [0.05, 0.1) is 0 Å². The van der Waals surface area contributed by atoms with E-state index < -0.39 is 5.91 Å². The van der Waals surface area contributed by atoms with E-state index in [1.165, 1.54) is 24.6 Å². The summed E-state index contributed by atoms with van der Waals surface area (Å²) in [5, 5.41) is 22.3. The minimum Gasteiger partial charge on any atom is -0.507 e. The van der Waals surface area contributed by atoms with Gasteiger partial charge in [0, 0.05) is 6.04 Å². The number of phenols is 2. The summed E-state index contributed by atoms with van der Waals surface area (Å²) in [5.41, 5.74) is -0.0280. The largest absolute Gasteiger partial charge is 0.507 e. The van der Waals surface area contributed by atoms with Gasteiger partial charge in [0.2, 0.25) is 0 Å². The van der Waals surface area contributed by atoms with Gasteiger partial charge in [0.25, 0.3) is 5.91 Å². The van der Waals surface area contributed by atoms with E-state index in [4.69, 9.17) is 0 Å². The number of nitrogens with one attached hydrogen (secondary N) is 1. The molecule has 0 aliphatic heterocycles. The summed E-state index contributed by atoms with van der Waals surface area (Å²) in [5.74, 6) is -0.0467. The highest BCUT2D eigenvalue weighted by atomic mass is 16.3. The second-order valence-electron chi connectivity index (χ2n) is 5.46. The summed E-state index contributed by atoms with van der Waals surface area (Å²) in [4.78, 5) is 12.1. The van der Waals surface area contributed by atoms with Gasteiger partial charge in [-0.05, 0) is 37.3 Å². The average molecular weight is 263 g/mol. The second-order valence-corrected chi connectivity index (χ2v) is 5.46. The van der Waals surface area contributed by atoms with Crippen molar-refractivity contribution in [1.29, 1.82) is 0 Å². The summed E-state index contributed by atoms with van der Waals surface area (Å²) in [7, 11) is 0. The maximum absolute atomic E-state index is 12.1. The van der Waals surface area contributed by atoms with E-state index in [9.17, 15) is 15.0 Å². The Bertz CT molecular complexity index is 438. The van der Waals surface area contributed by atoms with Crippen LogP contribution >= 0.6 is 0 Å². The minimum atomic E-state index is -0.393. The Morgan fingerprint density at radius 2 is 1.84 bits per heavy atom. The average Bonchev–Trinajstić information content (AvgIpc) is 2.54. The van der Waals surface area contributed by atoms with Crippen LogP contribution in [0.5, 0.6) is 11.5 Å². The standard InChI is InChI=1S/C15H21NO3/c1-10-4-2-5-11(9-8-10)16-15(19)14-12(17)6-3-7-13(14)18/h3,6-7,10-11,17-18H,2,4-5,8-9H2,1H3,(H,16,19). The topological polar surface area (TPSA) is 69.6 Å². The van der Waals surface area contributed by atoms with Gasteiger partial charge in [-0.1, -0.05) is 25.8 Å². The van der Waals surface area contributed by atoms with Crippen LogP contribution in [-0.4, -0.2) is 22.2 Å². The molecule has 0 heterocycles. The minimum absolute atomic E-state index is 0.0280. The zero-order valence-electron chi connectivity index (χ0n) is 11.2. The van der Waals surface area contributed by atoms with Crippen LogP contribution in [-0.2, 0) is 0 Å². The molecule has 4 heteroatoms. The molecule has 1 aromatic carbocycles. The molecule has 1 saturated carbocycles. The third-order valence-corrected chi connectivity index (χ3v) is 3.84. The molecule has 1 amide bonds. The van der Waals surface area contributed by atoms with Gasteiger partial charge in [0.1, 0.15) is 17.1 Å². The van der Waals surface area contributed by atoms with Crippen LogP contribution in [0.1, 0.15) is 49.4 Å². The molecule has 2 atom stereocenters. The SMILES string of the molecule is CC1CCCC(NC(=O)c2c(O)cccc2O)CC1. The lowest BCUT2D eigenvalue weighted by Gasteiger charge is -2.17. The van der Waals surface area contributed by atoms with Crippen molar-refractivity contribution in [2.45, 2.75) is 45.1 Å². The van der Waals surface area contributed by atoms with Crippen LogP contribution < -0.4 is 5.32 Å². The summed E-state index contributed by atoms with van der Waals surface area (Å²) in [6.45, 7) is 2.24. The van der Waals surface area contributed by atoms with Crippen LogP contribution in [0.4, 0.5) is 0 Å². The first kappa shape index (κ1) is 13.7. The molecular weight excluding hydrogens is 242 g/mol. The fraction of sp³-hybridized carbons (Fsp3) is 0.533. The normalized spacial score (nSPS) is 23.6. The number of carbonyl (C=O) groups excluding carboxylic acids is 1. The van der Waals surface area contributed by atoms with E-state index >= 15 is 0 Å². The molecule has 0 bridgehead atoms. The summed E-state index contributed by atoms with van der Waals surface area (Å²) < 4.78 is 0. The number of phenolic OH excluding ortho intramolecular Hbond substituents is 2. The Labute approximate surface area is 113 Å². The molecule has 2 rings (SSSR count). The highest BCUT2D eigenvalue weighted by Gasteiger charge is 2.21. The number of carbonyl (C=O) groups is 1. The Hall–Kier alpha value is -1.71. The molecule has 19 heavy (non-hydrogen) atoms. The first-order valence-electron chi connectivity index (χ1n) is 6.89. The van der Waals surface area contributed by atoms with E-state index in [0.29, 0.717) is 5.92 Å². The maximum atomic E-state index is 12.1. The van der Waals surface area contributed by atoms with E-state index in [0.717, 1.165) is 25.7 Å². The Kier molecular flexibility index (Phi) is 4.30. The lowest BCUT2D eigenvalue weighted by molar-refractivity contribution is 0.0927. The van der Waals surface area contributed by atoms with Gasteiger partial charge in [-0.25, -0.2) is 0 Å². The van der Waals surface area contributed by atoms with Crippen molar-refractivity contribution < 1.29 is 15.0 Å². The number of hydrogen-bond acceptors (Lipinski definition) is 3. The van der Waals surface area contributed by atoms with Gasteiger partial charge in [-0.3, -0.25) is 4.79 Å². The van der Waals surface area contributed by atoms with E-state index in [1.807, 2.05) is 0 Å². The molecule has 1 aliphatic rings. The molecule has 1 fully saturated rings. The predicted octanol–water partition coefficient (Wildman–Crippen LogP) is 2.80. The van der Waals surface area contributed by atoms with Crippen molar-refractivity contribution in [3.05, 3.63) is 23.8 Å². The van der Waals surface area contributed by atoms with E-state index in [2.05, 4.69) is 12.2 Å². The molecule has 2 unspecified atom stereocenters. The molecule has 0 spiro atoms.